The zero-order chi connectivity index (χ0) is 40.5. The molecule has 13 rings (SSSR count). The van der Waals surface area contributed by atoms with Crippen LogP contribution in [-0.2, 0) is 0 Å². The monoisotopic (exact) mass is 822 g/mol. The molecular formula is C55H32F2N2S2. The molecule has 0 fully saturated rings. The highest BCUT2D eigenvalue weighted by Crippen LogP contribution is 2.50. The van der Waals surface area contributed by atoms with Crippen molar-refractivity contribution in [2.45, 2.75) is 6.92 Å². The van der Waals surface area contributed by atoms with Gasteiger partial charge < -0.3 is 9.13 Å². The van der Waals surface area contributed by atoms with Gasteiger partial charge in [0.25, 0.3) is 0 Å². The van der Waals surface area contributed by atoms with Crippen LogP contribution in [0.2, 0.25) is 0 Å². The van der Waals surface area contributed by atoms with Gasteiger partial charge in [0.2, 0.25) is 0 Å². The molecule has 0 bridgehead atoms. The summed E-state index contributed by atoms with van der Waals surface area (Å²) in [5.41, 5.74) is 11.1. The molecule has 0 saturated carbocycles. The zero-order valence-electron chi connectivity index (χ0n) is 32.7. The minimum absolute atomic E-state index is 0.292. The van der Waals surface area contributed by atoms with Crippen LogP contribution in [0.15, 0.2) is 176 Å². The number of benzene rings is 9. The van der Waals surface area contributed by atoms with Gasteiger partial charge in [0.15, 0.2) is 0 Å². The molecule has 0 aliphatic rings. The lowest BCUT2D eigenvalue weighted by atomic mass is 9.91. The van der Waals surface area contributed by atoms with Crippen LogP contribution in [0.25, 0.3) is 118 Å². The predicted molar refractivity (Wildman–Crippen MR) is 256 cm³/mol. The lowest BCUT2D eigenvalue weighted by molar-refractivity contribution is 0.627. The number of hydrogen-bond acceptors (Lipinski definition) is 2. The van der Waals surface area contributed by atoms with Crippen molar-refractivity contribution in [1.29, 1.82) is 0 Å². The topological polar surface area (TPSA) is 9.86 Å². The van der Waals surface area contributed by atoms with Gasteiger partial charge in [-0.1, -0.05) is 109 Å². The van der Waals surface area contributed by atoms with Gasteiger partial charge in [-0.3, -0.25) is 0 Å². The molecule has 4 heterocycles. The molecule has 61 heavy (non-hydrogen) atoms. The summed E-state index contributed by atoms with van der Waals surface area (Å²) in [5, 5.41) is 9.79. The van der Waals surface area contributed by atoms with Gasteiger partial charge in [-0.15, -0.1) is 22.7 Å². The van der Waals surface area contributed by atoms with Gasteiger partial charge in [-0.2, -0.15) is 0 Å². The normalized spacial score (nSPS) is 12.2. The highest BCUT2D eigenvalue weighted by atomic mass is 32.1. The molecule has 0 N–H and O–H groups in total. The Morgan fingerprint density at radius 1 is 0.377 bits per heavy atom. The van der Waals surface area contributed by atoms with E-state index in [9.17, 15) is 8.78 Å². The smallest absolute Gasteiger partial charge is 0.123 e. The van der Waals surface area contributed by atoms with Crippen LogP contribution in [0.3, 0.4) is 0 Å². The van der Waals surface area contributed by atoms with Crippen LogP contribution in [0.1, 0.15) is 5.56 Å². The highest BCUT2D eigenvalue weighted by Gasteiger charge is 2.27. The Kier molecular flexibility index (Phi) is 7.36. The Labute approximate surface area is 356 Å². The van der Waals surface area contributed by atoms with Crippen molar-refractivity contribution >= 4 is 107 Å². The summed E-state index contributed by atoms with van der Waals surface area (Å²) >= 11 is 3.68. The number of fused-ring (bicyclic) bond motifs is 14. The van der Waals surface area contributed by atoms with Crippen molar-refractivity contribution in [3.63, 3.8) is 0 Å². The number of aromatic nitrogens is 2. The third kappa shape index (κ3) is 4.92. The average Bonchev–Trinajstić information content (AvgIpc) is 4.04. The first-order valence-corrected chi connectivity index (χ1v) is 22.0. The molecule has 0 unspecified atom stereocenters. The van der Waals surface area contributed by atoms with Gasteiger partial charge in [-0.25, -0.2) is 8.78 Å². The molecule has 13 aromatic rings. The van der Waals surface area contributed by atoms with Gasteiger partial charge in [-0.05, 0) is 90.3 Å². The lowest BCUT2D eigenvalue weighted by Crippen LogP contribution is -2.08. The van der Waals surface area contributed by atoms with Crippen molar-refractivity contribution in [3.05, 3.63) is 193 Å². The van der Waals surface area contributed by atoms with Gasteiger partial charge >= 0.3 is 0 Å². The third-order valence-corrected chi connectivity index (χ3v) is 15.0. The number of hydrogen-bond donors (Lipinski definition) is 0. The number of halogens is 2. The van der Waals surface area contributed by atoms with E-state index in [0.717, 1.165) is 61.3 Å². The minimum atomic E-state index is -0.292. The summed E-state index contributed by atoms with van der Waals surface area (Å²) in [7, 11) is 0. The SMILES string of the molecule is Cc1c(-n2c3ccccc3c3c4sc5ccccc5c4ccc32)c(-c2ccc(F)cc2)cc(-c2ccc(F)cc2)c1-n1c2ccccc2c2c3sc4ccccc4c3ccc21. The molecule has 4 aromatic heterocycles. The standard InChI is InChI=1S/C55H32F2N2S2/c1-31-52(58-44-14-6-2-12-40(44)50-46(58)28-26-38-36-10-4-8-16-48(36)60-54(38)50)42(32-18-22-34(56)23-19-32)30-43(33-20-24-35(57)25-21-33)53(31)59-45-15-7-3-13-41(45)51-47(59)29-27-39-37-11-5-9-17-49(37)61-55(39)51/h2-30H,1H3. The largest absolute Gasteiger partial charge is 0.308 e. The van der Waals surface area contributed by atoms with Crippen molar-refractivity contribution in [2.24, 2.45) is 0 Å². The maximum Gasteiger partial charge on any atom is 0.123 e. The van der Waals surface area contributed by atoms with Crippen LogP contribution in [0.4, 0.5) is 8.78 Å². The van der Waals surface area contributed by atoms with Crippen LogP contribution in [0, 0.1) is 18.6 Å². The van der Waals surface area contributed by atoms with E-state index in [2.05, 4.69) is 143 Å². The second kappa shape index (κ2) is 12.9. The Morgan fingerprint density at radius 2 is 0.770 bits per heavy atom. The van der Waals surface area contributed by atoms with Crippen LogP contribution >= 0.6 is 22.7 Å². The maximum absolute atomic E-state index is 14.8. The Hall–Kier alpha value is -7.12. The van der Waals surface area contributed by atoms with Crippen LogP contribution < -0.4 is 0 Å². The summed E-state index contributed by atoms with van der Waals surface area (Å²) in [6, 6.07) is 59.7. The van der Waals surface area contributed by atoms with Crippen molar-refractivity contribution < 1.29 is 8.78 Å². The van der Waals surface area contributed by atoms with Gasteiger partial charge in [0, 0.05) is 73.0 Å². The molecule has 288 valence electrons. The van der Waals surface area contributed by atoms with E-state index >= 15 is 0 Å². The maximum atomic E-state index is 14.8. The van der Waals surface area contributed by atoms with Crippen molar-refractivity contribution in [2.75, 3.05) is 0 Å². The molecule has 0 aliphatic heterocycles. The number of thiophene rings is 2. The quantitative estimate of drug-likeness (QED) is 0.167. The van der Waals surface area contributed by atoms with E-state index < -0.39 is 0 Å². The number of rotatable bonds is 4. The Morgan fingerprint density at radius 3 is 1.21 bits per heavy atom. The predicted octanol–water partition coefficient (Wildman–Crippen LogP) is 16.5. The van der Waals surface area contributed by atoms with E-state index in [-0.39, 0.29) is 11.6 Å². The molecule has 0 aliphatic carbocycles. The summed E-state index contributed by atoms with van der Waals surface area (Å²) in [5.74, 6) is -0.585. The Balaban J connectivity index is 1.23. The highest BCUT2D eigenvalue weighted by molar-refractivity contribution is 7.27. The molecule has 0 atom stereocenters. The van der Waals surface area contributed by atoms with E-state index in [4.69, 9.17) is 0 Å². The van der Waals surface area contributed by atoms with Crippen LogP contribution in [0.5, 0.6) is 0 Å². The van der Waals surface area contributed by atoms with Crippen LogP contribution in [-0.4, -0.2) is 9.13 Å². The molecule has 0 spiro atoms. The average molecular weight is 823 g/mol. The molecule has 0 amide bonds. The molecule has 0 radical (unpaired) electrons. The van der Waals surface area contributed by atoms with E-state index in [0.29, 0.717) is 0 Å². The Bertz CT molecular complexity index is 3700. The minimum Gasteiger partial charge on any atom is -0.308 e. The van der Waals surface area contributed by atoms with Gasteiger partial charge in [0.1, 0.15) is 11.6 Å². The fourth-order valence-corrected chi connectivity index (χ4v) is 12.5. The molecule has 0 saturated heterocycles. The first-order chi connectivity index (χ1) is 30.0. The zero-order valence-corrected chi connectivity index (χ0v) is 34.3. The molecule has 6 heteroatoms. The fourth-order valence-electron chi connectivity index (χ4n) is 10.0. The van der Waals surface area contributed by atoms with E-state index in [1.165, 1.54) is 86.2 Å². The first kappa shape index (κ1) is 34.7. The summed E-state index contributed by atoms with van der Waals surface area (Å²) in [4.78, 5) is 0. The van der Waals surface area contributed by atoms with Gasteiger partial charge in [0.05, 0.1) is 33.4 Å². The fraction of sp³-hybridized carbons (Fsp3) is 0.0182. The summed E-state index contributed by atoms with van der Waals surface area (Å²) in [6.45, 7) is 2.22. The molecular weight excluding hydrogens is 791 g/mol. The third-order valence-electron chi connectivity index (χ3n) is 12.6. The van der Waals surface area contributed by atoms with Crippen molar-refractivity contribution in [3.8, 4) is 33.6 Å². The molecule has 9 aromatic carbocycles. The first-order valence-electron chi connectivity index (χ1n) is 20.4. The van der Waals surface area contributed by atoms with E-state index in [1.807, 2.05) is 46.9 Å². The second-order valence-corrected chi connectivity index (χ2v) is 18.0. The number of nitrogens with zero attached hydrogens (tertiary/aromatic N) is 2. The summed E-state index contributed by atoms with van der Waals surface area (Å²) in [6.07, 6.45) is 0. The van der Waals surface area contributed by atoms with Crippen molar-refractivity contribution in [1.82, 2.24) is 9.13 Å². The summed E-state index contributed by atoms with van der Waals surface area (Å²) < 4.78 is 39.4. The number of para-hydroxylation sites is 2. The van der Waals surface area contributed by atoms with E-state index in [1.54, 1.807) is 0 Å². The lowest BCUT2D eigenvalue weighted by Gasteiger charge is -2.25. The molecule has 2 nitrogen and oxygen atoms in total. The second-order valence-electron chi connectivity index (χ2n) is 15.9.